The monoisotopic (exact) mass is 278 g/mol. The van der Waals surface area contributed by atoms with Crippen LogP contribution in [0.5, 0.6) is 0 Å². The molecule has 4 nitrogen and oxygen atoms in total. The number of Topliss-reactive ketones (excluding diaryl/α,β-unsaturated/α-hetero) is 1. The van der Waals surface area contributed by atoms with Gasteiger partial charge in [0, 0.05) is 6.42 Å². The number of aliphatic hydroxyl groups is 1. The average Bonchev–Trinajstić information content (AvgIpc) is 2.36. The Morgan fingerprint density at radius 2 is 1.85 bits per heavy atom. The molecular formula is C16H22O4. The van der Waals surface area contributed by atoms with Crippen molar-refractivity contribution in [2.75, 3.05) is 0 Å². The largest absolute Gasteiger partial charge is 0.463 e. The molecule has 20 heavy (non-hydrogen) atoms. The molecule has 1 aromatic rings. The molecule has 0 aliphatic rings. The molecule has 0 aliphatic carbocycles. The van der Waals surface area contributed by atoms with Crippen molar-refractivity contribution in [2.45, 2.75) is 51.7 Å². The maximum Gasteiger partial charge on any atom is 0.313 e. The van der Waals surface area contributed by atoms with Gasteiger partial charge in [-0.15, -0.1) is 0 Å². The lowest BCUT2D eigenvalue weighted by atomic mass is 10.0. The number of rotatable bonds is 8. The number of hydrogen-bond acceptors (Lipinski definition) is 4. The molecule has 1 aromatic carbocycles. The fourth-order valence-corrected chi connectivity index (χ4v) is 1.88. The summed E-state index contributed by atoms with van der Waals surface area (Å²) in [4.78, 5) is 22.9. The van der Waals surface area contributed by atoms with E-state index < -0.39 is 12.1 Å². The van der Waals surface area contributed by atoms with Gasteiger partial charge in [-0.2, -0.15) is 0 Å². The normalized spacial score (nSPS) is 12.2. The van der Waals surface area contributed by atoms with Gasteiger partial charge < -0.3 is 9.84 Å². The smallest absolute Gasteiger partial charge is 0.313 e. The highest BCUT2D eigenvalue weighted by atomic mass is 16.5. The van der Waals surface area contributed by atoms with Gasteiger partial charge in [-0.3, -0.25) is 9.59 Å². The molecule has 0 radical (unpaired) electrons. The van der Waals surface area contributed by atoms with E-state index in [4.69, 9.17) is 4.74 Å². The number of esters is 1. The molecule has 0 saturated heterocycles. The van der Waals surface area contributed by atoms with E-state index in [1.165, 1.54) is 0 Å². The maximum absolute atomic E-state index is 11.6. The van der Waals surface area contributed by atoms with Crippen LogP contribution in [0.1, 0.15) is 38.7 Å². The van der Waals surface area contributed by atoms with Crippen LogP contribution in [0.15, 0.2) is 30.3 Å². The minimum atomic E-state index is -0.713. The lowest BCUT2D eigenvalue weighted by Gasteiger charge is -2.10. The van der Waals surface area contributed by atoms with Crippen LogP contribution >= 0.6 is 0 Å². The molecule has 0 fully saturated rings. The second-order valence-electron chi connectivity index (χ2n) is 5.14. The van der Waals surface area contributed by atoms with Crippen LogP contribution in [0.4, 0.5) is 0 Å². The zero-order valence-corrected chi connectivity index (χ0v) is 12.0. The van der Waals surface area contributed by atoms with Gasteiger partial charge in [0.15, 0.2) is 0 Å². The van der Waals surface area contributed by atoms with Crippen molar-refractivity contribution >= 4 is 11.8 Å². The van der Waals surface area contributed by atoms with E-state index in [1.54, 1.807) is 13.8 Å². The molecule has 0 saturated carbocycles. The highest BCUT2D eigenvalue weighted by molar-refractivity contribution is 5.95. The topological polar surface area (TPSA) is 63.6 Å². The Bertz CT molecular complexity index is 425. The summed E-state index contributed by atoms with van der Waals surface area (Å²) in [5, 5.41) is 9.80. The quantitative estimate of drug-likeness (QED) is 0.585. The van der Waals surface area contributed by atoms with Gasteiger partial charge in [0.2, 0.25) is 0 Å². The van der Waals surface area contributed by atoms with Gasteiger partial charge in [-0.05, 0) is 32.3 Å². The van der Waals surface area contributed by atoms with Gasteiger partial charge in [0.1, 0.15) is 12.2 Å². The number of hydrogen-bond donors (Lipinski definition) is 1. The Morgan fingerprint density at radius 3 is 2.45 bits per heavy atom. The summed E-state index contributed by atoms with van der Waals surface area (Å²) < 4.78 is 4.89. The van der Waals surface area contributed by atoms with Gasteiger partial charge in [0.05, 0.1) is 12.2 Å². The number of aryl methyl sites for hydroxylation is 1. The summed E-state index contributed by atoms with van der Waals surface area (Å²) in [6, 6.07) is 9.77. The third-order valence-electron chi connectivity index (χ3n) is 2.78. The lowest BCUT2D eigenvalue weighted by molar-refractivity contribution is -0.149. The molecule has 110 valence electrons. The second kappa shape index (κ2) is 8.48. The third-order valence-corrected chi connectivity index (χ3v) is 2.78. The highest BCUT2D eigenvalue weighted by Gasteiger charge is 2.16. The summed E-state index contributed by atoms with van der Waals surface area (Å²) in [5.74, 6) is -0.809. The van der Waals surface area contributed by atoms with Crippen molar-refractivity contribution < 1.29 is 19.4 Å². The van der Waals surface area contributed by atoms with Crippen LogP contribution in [0, 0.1) is 0 Å². The predicted octanol–water partition coefficient (Wildman–Crippen LogP) is 2.28. The van der Waals surface area contributed by atoms with E-state index in [0.29, 0.717) is 12.8 Å². The standard InChI is InChI=1S/C16H22O4/c1-12(2)20-16(19)11-15(18)10-14(17)9-8-13-6-4-3-5-7-13/h3-7,12,14,17H,8-11H2,1-2H3. The van der Waals surface area contributed by atoms with Crippen LogP contribution < -0.4 is 0 Å². The van der Waals surface area contributed by atoms with Gasteiger partial charge in [-0.25, -0.2) is 0 Å². The SMILES string of the molecule is CC(C)OC(=O)CC(=O)CC(O)CCc1ccccc1. The first kappa shape index (κ1) is 16.4. The minimum absolute atomic E-state index is 0.0000286. The number of carbonyl (C=O) groups is 2. The zero-order valence-electron chi connectivity index (χ0n) is 12.0. The molecule has 1 unspecified atom stereocenters. The molecule has 0 aromatic heterocycles. The molecular weight excluding hydrogens is 256 g/mol. The molecule has 0 bridgehead atoms. The third kappa shape index (κ3) is 7.04. The predicted molar refractivity (Wildman–Crippen MR) is 76.2 cm³/mol. The molecule has 0 spiro atoms. The van der Waals surface area contributed by atoms with Crippen molar-refractivity contribution in [3.63, 3.8) is 0 Å². The van der Waals surface area contributed by atoms with Gasteiger partial charge in [-0.1, -0.05) is 30.3 Å². The summed E-state index contributed by atoms with van der Waals surface area (Å²) in [6.45, 7) is 3.47. The highest BCUT2D eigenvalue weighted by Crippen LogP contribution is 2.09. The fourth-order valence-electron chi connectivity index (χ4n) is 1.88. The van der Waals surface area contributed by atoms with Gasteiger partial charge in [0.25, 0.3) is 0 Å². The Kier molecular flexibility index (Phi) is 6.94. The van der Waals surface area contributed by atoms with E-state index >= 15 is 0 Å². The molecule has 0 aliphatic heterocycles. The Labute approximate surface area is 119 Å². The molecule has 1 N–H and O–H groups in total. The van der Waals surface area contributed by atoms with Crippen LogP contribution in [0.3, 0.4) is 0 Å². The first-order valence-corrected chi connectivity index (χ1v) is 6.90. The molecule has 1 rings (SSSR count). The minimum Gasteiger partial charge on any atom is -0.463 e. The van der Waals surface area contributed by atoms with Crippen molar-refractivity contribution in [3.05, 3.63) is 35.9 Å². The van der Waals surface area contributed by atoms with Crippen molar-refractivity contribution in [1.82, 2.24) is 0 Å². The number of carbonyl (C=O) groups excluding carboxylic acids is 2. The zero-order chi connectivity index (χ0) is 15.0. The summed E-state index contributed by atoms with van der Waals surface area (Å²) in [5.41, 5.74) is 1.12. The maximum atomic E-state index is 11.6. The number of ketones is 1. The Morgan fingerprint density at radius 1 is 1.20 bits per heavy atom. The van der Waals surface area contributed by atoms with Crippen molar-refractivity contribution in [2.24, 2.45) is 0 Å². The molecule has 1 atom stereocenters. The Balaban J connectivity index is 2.26. The average molecular weight is 278 g/mol. The van der Waals surface area contributed by atoms with E-state index in [2.05, 4.69) is 0 Å². The van der Waals surface area contributed by atoms with Crippen molar-refractivity contribution in [3.8, 4) is 0 Å². The van der Waals surface area contributed by atoms with E-state index in [1.807, 2.05) is 30.3 Å². The van der Waals surface area contributed by atoms with E-state index in [0.717, 1.165) is 5.56 Å². The lowest BCUT2D eigenvalue weighted by Crippen LogP contribution is -2.19. The number of aliphatic hydroxyl groups excluding tert-OH is 1. The van der Waals surface area contributed by atoms with Crippen LogP contribution in [-0.4, -0.2) is 29.1 Å². The van der Waals surface area contributed by atoms with Gasteiger partial charge >= 0.3 is 5.97 Å². The fraction of sp³-hybridized carbons (Fsp3) is 0.500. The first-order valence-electron chi connectivity index (χ1n) is 6.90. The number of benzene rings is 1. The molecule has 4 heteroatoms. The van der Waals surface area contributed by atoms with Crippen molar-refractivity contribution in [1.29, 1.82) is 0 Å². The summed E-state index contributed by atoms with van der Waals surface area (Å²) in [7, 11) is 0. The second-order valence-corrected chi connectivity index (χ2v) is 5.14. The van der Waals surface area contributed by atoms with E-state index in [9.17, 15) is 14.7 Å². The summed E-state index contributed by atoms with van der Waals surface area (Å²) in [6.07, 6.45) is 0.0225. The van der Waals surface area contributed by atoms with Crippen LogP contribution in [0.2, 0.25) is 0 Å². The van der Waals surface area contributed by atoms with Crippen LogP contribution in [0.25, 0.3) is 0 Å². The molecule has 0 heterocycles. The first-order chi connectivity index (χ1) is 9.47. The summed E-state index contributed by atoms with van der Waals surface area (Å²) >= 11 is 0. The Hall–Kier alpha value is -1.68. The molecule has 0 amide bonds. The van der Waals surface area contributed by atoms with Crippen LogP contribution in [-0.2, 0) is 20.7 Å². The van der Waals surface area contributed by atoms with E-state index in [-0.39, 0.29) is 24.7 Å². The number of ether oxygens (including phenoxy) is 1.